The number of ether oxygens (including phenoxy) is 2. The first-order valence-electron chi connectivity index (χ1n) is 9.28. The van der Waals surface area contributed by atoms with Crippen LogP contribution in [0.15, 0.2) is 49.1 Å². The Balaban J connectivity index is 1.33. The van der Waals surface area contributed by atoms with Gasteiger partial charge in [0.05, 0.1) is 15.9 Å². The van der Waals surface area contributed by atoms with Crippen molar-refractivity contribution >= 4 is 39.4 Å². The number of nitrogens with two attached hydrogens (primary N) is 1. The molecule has 0 aliphatic carbocycles. The van der Waals surface area contributed by atoms with E-state index >= 15 is 0 Å². The van der Waals surface area contributed by atoms with Crippen LogP contribution in [-0.2, 0) is 4.74 Å². The second-order valence-electron chi connectivity index (χ2n) is 7.08. The summed E-state index contributed by atoms with van der Waals surface area (Å²) in [6, 6.07) is 8.97. The normalized spacial score (nSPS) is 24.0. The van der Waals surface area contributed by atoms with E-state index in [0.717, 1.165) is 10.9 Å². The highest BCUT2D eigenvalue weighted by Crippen LogP contribution is 2.33. The number of halogens is 1. The second-order valence-corrected chi connectivity index (χ2v) is 7.52. The van der Waals surface area contributed by atoms with Crippen LogP contribution in [0.1, 0.15) is 6.23 Å². The molecule has 4 atom stereocenters. The average molecular weight is 428 g/mol. The van der Waals surface area contributed by atoms with Gasteiger partial charge in [0.1, 0.15) is 48.5 Å². The molecule has 9 nitrogen and oxygen atoms in total. The maximum atomic E-state index is 10.5. The molecule has 3 aromatic heterocycles. The van der Waals surface area contributed by atoms with Gasteiger partial charge in [-0.1, -0.05) is 11.6 Å². The minimum absolute atomic E-state index is 0.0458. The van der Waals surface area contributed by atoms with Crippen LogP contribution >= 0.6 is 11.6 Å². The van der Waals surface area contributed by atoms with Gasteiger partial charge in [0.15, 0.2) is 6.23 Å². The Morgan fingerprint density at radius 1 is 1.13 bits per heavy atom. The molecule has 0 spiro atoms. The predicted octanol–water partition coefficient (Wildman–Crippen LogP) is 1.91. The van der Waals surface area contributed by atoms with Gasteiger partial charge in [-0.05, 0) is 24.3 Å². The fourth-order valence-electron chi connectivity index (χ4n) is 3.64. The number of aromatic nitrogens is 4. The monoisotopic (exact) mass is 427 g/mol. The van der Waals surface area contributed by atoms with Gasteiger partial charge < -0.3 is 30.0 Å². The Bertz CT molecular complexity index is 1230. The molecule has 154 valence electrons. The first-order chi connectivity index (χ1) is 14.5. The fourth-order valence-corrected chi connectivity index (χ4v) is 3.80. The van der Waals surface area contributed by atoms with Crippen molar-refractivity contribution in [3.8, 4) is 5.75 Å². The maximum Gasteiger partial charge on any atom is 0.164 e. The van der Waals surface area contributed by atoms with Crippen LogP contribution in [0.5, 0.6) is 5.75 Å². The van der Waals surface area contributed by atoms with Gasteiger partial charge in [0, 0.05) is 23.8 Å². The number of pyridine rings is 1. The van der Waals surface area contributed by atoms with Crippen molar-refractivity contribution in [1.82, 2.24) is 19.5 Å². The van der Waals surface area contributed by atoms with Gasteiger partial charge in [0.25, 0.3) is 0 Å². The van der Waals surface area contributed by atoms with Crippen LogP contribution in [0, 0.1) is 0 Å². The lowest BCUT2D eigenvalue weighted by atomic mass is 10.1. The molecule has 0 amide bonds. The highest BCUT2D eigenvalue weighted by atomic mass is 35.5. The van der Waals surface area contributed by atoms with E-state index in [1.54, 1.807) is 35.2 Å². The molecule has 4 aromatic rings. The van der Waals surface area contributed by atoms with Crippen molar-refractivity contribution in [2.75, 3.05) is 12.3 Å². The summed E-state index contributed by atoms with van der Waals surface area (Å²) in [6.45, 7) is 0.0458. The Labute approximate surface area is 175 Å². The zero-order chi connectivity index (χ0) is 20.8. The summed E-state index contributed by atoms with van der Waals surface area (Å²) in [6.07, 6.45) is 0.731. The number of nitrogen functional groups attached to an aromatic ring is 1. The summed E-state index contributed by atoms with van der Waals surface area (Å²) in [5.74, 6) is 0.899. The summed E-state index contributed by atoms with van der Waals surface area (Å²) in [4.78, 5) is 12.4. The summed E-state index contributed by atoms with van der Waals surface area (Å²) >= 11 is 5.96. The Morgan fingerprint density at radius 3 is 2.87 bits per heavy atom. The molecule has 0 bridgehead atoms. The third-order valence-corrected chi connectivity index (χ3v) is 5.39. The van der Waals surface area contributed by atoms with Crippen molar-refractivity contribution in [2.24, 2.45) is 0 Å². The molecule has 10 heteroatoms. The van der Waals surface area contributed by atoms with E-state index in [1.165, 1.54) is 6.33 Å². The first-order valence-corrected chi connectivity index (χ1v) is 9.66. The average Bonchev–Trinajstić information content (AvgIpc) is 3.29. The largest absolute Gasteiger partial charge is 0.491 e. The van der Waals surface area contributed by atoms with Gasteiger partial charge in [-0.15, -0.1) is 0 Å². The smallest absolute Gasteiger partial charge is 0.164 e. The quantitative estimate of drug-likeness (QED) is 0.450. The number of anilines is 1. The van der Waals surface area contributed by atoms with Gasteiger partial charge in [-0.25, -0.2) is 9.97 Å². The zero-order valence-electron chi connectivity index (χ0n) is 15.6. The molecule has 1 aromatic carbocycles. The molecule has 4 heterocycles. The minimum atomic E-state index is -1.16. The Morgan fingerprint density at radius 2 is 2.00 bits per heavy atom. The number of hydrogen-bond donors (Lipinski definition) is 3. The van der Waals surface area contributed by atoms with Gasteiger partial charge >= 0.3 is 0 Å². The van der Waals surface area contributed by atoms with Crippen LogP contribution in [0.25, 0.3) is 21.9 Å². The molecule has 1 saturated heterocycles. The van der Waals surface area contributed by atoms with Crippen molar-refractivity contribution in [3.05, 3.63) is 54.1 Å². The predicted molar refractivity (Wildman–Crippen MR) is 110 cm³/mol. The van der Waals surface area contributed by atoms with E-state index in [2.05, 4.69) is 15.0 Å². The lowest BCUT2D eigenvalue weighted by Gasteiger charge is -2.17. The van der Waals surface area contributed by atoms with E-state index in [-0.39, 0.29) is 6.61 Å². The Hall–Kier alpha value is -2.98. The standard InChI is InChI=1S/C20H18ClN5O4/c21-11-5-10-1-2-12(6-14(10)23-7-11)29-8-15-16(27)17(28)20(30-15)26-4-3-13-18(22)24-9-25-19(13)26/h1-7,9,15-17,20,27-28H,8H2,(H2,22,24,25)/t15-,16-,17-,20-/m1/s1. The van der Waals surface area contributed by atoms with Crippen LogP contribution in [0.4, 0.5) is 5.82 Å². The summed E-state index contributed by atoms with van der Waals surface area (Å²) in [5, 5.41) is 23.1. The lowest BCUT2D eigenvalue weighted by molar-refractivity contribution is -0.0471. The topological polar surface area (TPSA) is 129 Å². The highest BCUT2D eigenvalue weighted by molar-refractivity contribution is 6.31. The third kappa shape index (κ3) is 3.21. The number of rotatable bonds is 4. The van der Waals surface area contributed by atoms with E-state index in [4.69, 9.17) is 26.8 Å². The maximum absolute atomic E-state index is 10.5. The number of hydrogen-bond acceptors (Lipinski definition) is 8. The molecule has 1 aliphatic rings. The number of benzene rings is 1. The number of aliphatic hydroxyl groups excluding tert-OH is 2. The van der Waals surface area contributed by atoms with Crippen molar-refractivity contribution in [3.63, 3.8) is 0 Å². The summed E-state index contributed by atoms with van der Waals surface area (Å²) in [5.41, 5.74) is 7.12. The molecular formula is C20H18ClN5O4. The lowest BCUT2D eigenvalue weighted by Crippen LogP contribution is -2.34. The van der Waals surface area contributed by atoms with Gasteiger partial charge in [-0.3, -0.25) is 4.98 Å². The molecule has 5 rings (SSSR count). The summed E-state index contributed by atoms with van der Waals surface area (Å²) in [7, 11) is 0. The summed E-state index contributed by atoms with van der Waals surface area (Å²) < 4.78 is 13.3. The molecular weight excluding hydrogens is 410 g/mol. The van der Waals surface area contributed by atoms with Crippen molar-refractivity contribution in [1.29, 1.82) is 0 Å². The number of fused-ring (bicyclic) bond motifs is 2. The van der Waals surface area contributed by atoms with Gasteiger partial charge in [0.2, 0.25) is 0 Å². The number of aliphatic hydroxyl groups is 2. The van der Waals surface area contributed by atoms with Crippen LogP contribution < -0.4 is 10.5 Å². The van der Waals surface area contributed by atoms with E-state index in [0.29, 0.717) is 27.6 Å². The first kappa shape index (κ1) is 19.0. The molecule has 4 N–H and O–H groups in total. The highest BCUT2D eigenvalue weighted by Gasteiger charge is 2.44. The van der Waals surface area contributed by atoms with Crippen LogP contribution in [0.2, 0.25) is 5.02 Å². The molecule has 0 saturated carbocycles. The second kappa shape index (κ2) is 7.37. The molecule has 30 heavy (non-hydrogen) atoms. The Kier molecular flexibility index (Phi) is 4.67. The van der Waals surface area contributed by atoms with Crippen LogP contribution in [0.3, 0.4) is 0 Å². The van der Waals surface area contributed by atoms with Crippen molar-refractivity contribution < 1.29 is 19.7 Å². The fraction of sp³-hybridized carbons (Fsp3) is 0.250. The van der Waals surface area contributed by atoms with E-state index in [9.17, 15) is 10.2 Å². The van der Waals surface area contributed by atoms with Crippen LogP contribution in [-0.4, -0.2) is 54.7 Å². The third-order valence-electron chi connectivity index (χ3n) is 5.19. The molecule has 1 fully saturated rings. The molecule has 0 radical (unpaired) electrons. The van der Waals surface area contributed by atoms with E-state index < -0.39 is 24.5 Å². The molecule has 0 unspecified atom stereocenters. The molecule has 1 aliphatic heterocycles. The van der Waals surface area contributed by atoms with Crippen molar-refractivity contribution in [2.45, 2.75) is 24.5 Å². The SMILES string of the molecule is Nc1ncnc2c1ccn2[C@@H]1O[C@H](COc2ccc3cc(Cl)cnc3c2)[C@@H](O)[C@H]1O. The van der Waals surface area contributed by atoms with E-state index in [1.807, 2.05) is 12.1 Å². The number of nitrogens with zero attached hydrogens (tertiary/aromatic N) is 4. The van der Waals surface area contributed by atoms with Gasteiger partial charge in [-0.2, -0.15) is 0 Å². The zero-order valence-corrected chi connectivity index (χ0v) is 16.3. The minimum Gasteiger partial charge on any atom is -0.491 e.